The van der Waals surface area contributed by atoms with Crippen LogP contribution in [0, 0.1) is 0 Å². The third-order valence-corrected chi connectivity index (χ3v) is 4.45. The van der Waals surface area contributed by atoms with Gasteiger partial charge in [-0.05, 0) is 19.3 Å². The molecule has 0 radical (unpaired) electrons. The lowest BCUT2D eigenvalue weighted by atomic mass is 10.1. The first kappa shape index (κ1) is 11.9. The summed E-state index contributed by atoms with van der Waals surface area (Å²) in [5.74, 6) is 0.569. The summed E-state index contributed by atoms with van der Waals surface area (Å²) in [6.45, 7) is 2.13. The quantitative estimate of drug-likeness (QED) is 0.697. The molecule has 1 unspecified atom stereocenters. The number of rotatable bonds is 4. The van der Waals surface area contributed by atoms with Crippen LogP contribution in [0.1, 0.15) is 26.2 Å². The van der Waals surface area contributed by atoms with E-state index in [0.29, 0.717) is 12.8 Å². The Morgan fingerprint density at radius 2 is 2.00 bits per heavy atom. The molecule has 14 heavy (non-hydrogen) atoms. The van der Waals surface area contributed by atoms with Gasteiger partial charge in [-0.25, -0.2) is 8.42 Å². The van der Waals surface area contributed by atoms with Crippen LogP contribution < -0.4 is 5.32 Å². The predicted molar refractivity (Wildman–Crippen MR) is 56.0 cm³/mol. The number of aliphatic hydroxyl groups excluding tert-OH is 1. The van der Waals surface area contributed by atoms with Crippen molar-refractivity contribution in [2.45, 2.75) is 38.3 Å². The molecule has 1 fully saturated rings. The first-order chi connectivity index (χ1) is 6.57. The van der Waals surface area contributed by atoms with Crippen molar-refractivity contribution in [3.8, 4) is 0 Å². The second-order valence-electron chi connectivity index (χ2n) is 3.88. The lowest BCUT2D eigenvalue weighted by Crippen LogP contribution is -2.44. The summed E-state index contributed by atoms with van der Waals surface area (Å²) in [6, 6.07) is 0.372. The minimum Gasteiger partial charge on any atom is -0.395 e. The summed E-state index contributed by atoms with van der Waals surface area (Å²) < 4.78 is 22.3. The monoisotopic (exact) mass is 221 g/mol. The third-order valence-electron chi connectivity index (χ3n) is 2.74. The summed E-state index contributed by atoms with van der Waals surface area (Å²) in [5.41, 5.74) is 0. The van der Waals surface area contributed by atoms with E-state index in [9.17, 15) is 8.42 Å². The maximum absolute atomic E-state index is 11.1. The van der Waals surface area contributed by atoms with Crippen LogP contribution in [0.5, 0.6) is 0 Å². The van der Waals surface area contributed by atoms with Gasteiger partial charge in [0.05, 0.1) is 18.1 Å². The second-order valence-corrected chi connectivity index (χ2v) is 6.18. The number of sulfone groups is 1. The van der Waals surface area contributed by atoms with Crippen LogP contribution >= 0.6 is 0 Å². The zero-order valence-corrected chi connectivity index (χ0v) is 9.39. The van der Waals surface area contributed by atoms with Gasteiger partial charge in [0.1, 0.15) is 9.84 Å². The highest BCUT2D eigenvalue weighted by atomic mass is 32.2. The van der Waals surface area contributed by atoms with Gasteiger partial charge in [0, 0.05) is 12.1 Å². The molecular weight excluding hydrogens is 202 g/mol. The Bertz CT molecular complexity index is 245. The molecule has 0 spiro atoms. The van der Waals surface area contributed by atoms with Crippen molar-refractivity contribution in [3.63, 3.8) is 0 Å². The van der Waals surface area contributed by atoms with E-state index in [-0.39, 0.29) is 30.2 Å². The lowest BCUT2D eigenvalue weighted by molar-refractivity contribution is 0.224. The van der Waals surface area contributed by atoms with E-state index in [1.807, 2.05) is 6.92 Å². The SMILES string of the molecule is CCC(CO)NC1CCS(=O)(=O)CC1. The van der Waals surface area contributed by atoms with Crippen molar-refractivity contribution in [3.05, 3.63) is 0 Å². The molecule has 0 amide bonds. The van der Waals surface area contributed by atoms with E-state index in [1.165, 1.54) is 0 Å². The van der Waals surface area contributed by atoms with Crippen molar-refractivity contribution in [2.75, 3.05) is 18.1 Å². The minimum atomic E-state index is -2.77. The maximum atomic E-state index is 11.1. The van der Waals surface area contributed by atoms with Crippen LogP contribution in [0.25, 0.3) is 0 Å². The maximum Gasteiger partial charge on any atom is 0.150 e. The van der Waals surface area contributed by atoms with Crippen molar-refractivity contribution in [1.29, 1.82) is 0 Å². The molecule has 1 rings (SSSR count). The molecule has 84 valence electrons. The fraction of sp³-hybridized carbons (Fsp3) is 1.00. The Hall–Kier alpha value is -0.130. The highest BCUT2D eigenvalue weighted by Crippen LogP contribution is 2.13. The van der Waals surface area contributed by atoms with Gasteiger partial charge >= 0.3 is 0 Å². The topological polar surface area (TPSA) is 66.4 Å². The normalized spacial score (nSPS) is 24.7. The summed E-state index contributed by atoms with van der Waals surface area (Å²) >= 11 is 0. The van der Waals surface area contributed by atoms with Gasteiger partial charge in [-0.2, -0.15) is 0 Å². The van der Waals surface area contributed by atoms with Gasteiger partial charge in [-0.3, -0.25) is 0 Å². The molecule has 1 saturated heterocycles. The molecule has 0 bridgehead atoms. The predicted octanol–water partition coefficient (Wildman–Crippen LogP) is -0.0759. The van der Waals surface area contributed by atoms with Crippen LogP contribution in [0.4, 0.5) is 0 Å². The van der Waals surface area contributed by atoms with Crippen molar-refractivity contribution >= 4 is 9.84 Å². The van der Waals surface area contributed by atoms with E-state index in [0.717, 1.165) is 6.42 Å². The van der Waals surface area contributed by atoms with Crippen LogP contribution in [0.2, 0.25) is 0 Å². The highest BCUT2D eigenvalue weighted by Gasteiger charge is 2.24. The van der Waals surface area contributed by atoms with E-state index in [4.69, 9.17) is 5.11 Å². The van der Waals surface area contributed by atoms with Gasteiger partial charge in [0.2, 0.25) is 0 Å². The summed E-state index contributed by atoms with van der Waals surface area (Å²) in [6.07, 6.45) is 2.23. The van der Waals surface area contributed by atoms with E-state index < -0.39 is 9.84 Å². The molecular formula is C9H19NO3S. The van der Waals surface area contributed by atoms with Gasteiger partial charge < -0.3 is 10.4 Å². The lowest BCUT2D eigenvalue weighted by Gasteiger charge is -2.26. The molecule has 1 aliphatic heterocycles. The minimum absolute atomic E-state index is 0.112. The molecule has 5 heteroatoms. The molecule has 0 aromatic rings. The van der Waals surface area contributed by atoms with Crippen LogP contribution in [0.3, 0.4) is 0 Å². The van der Waals surface area contributed by atoms with Crippen LogP contribution in [0.15, 0.2) is 0 Å². The summed E-state index contributed by atoms with van der Waals surface area (Å²) in [5, 5.41) is 12.3. The van der Waals surface area contributed by atoms with Crippen molar-refractivity contribution in [2.24, 2.45) is 0 Å². The molecule has 1 heterocycles. The molecule has 0 aromatic heterocycles. The molecule has 1 atom stereocenters. The Labute approximate surface area is 85.6 Å². The number of hydrogen-bond donors (Lipinski definition) is 2. The zero-order valence-electron chi connectivity index (χ0n) is 8.57. The van der Waals surface area contributed by atoms with Crippen molar-refractivity contribution < 1.29 is 13.5 Å². The molecule has 4 nitrogen and oxygen atoms in total. The van der Waals surface area contributed by atoms with Gasteiger partial charge in [0.15, 0.2) is 0 Å². The number of aliphatic hydroxyl groups is 1. The highest BCUT2D eigenvalue weighted by molar-refractivity contribution is 7.91. The molecule has 0 aromatic carbocycles. The van der Waals surface area contributed by atoms with Crippen LogP contribution in [-0.2, 0) is 9.84 Å². The zero-order chi connectivity index (χ0) is 10.6. The second kappa shape index (κ2) is 5.09. The summed E-state index contributed by atoms with van der Waals surface area (Å²) in [4.78, 5) is 0. The van der Waals surface area contributed by atoms with Crippen molar-refractivity contribution in [1.82, 2.24) is 5.32 Å². The van der Waals surface area contributed by atoms with Gasteiger partial charge in [-0.15, -0.1) is 0 Å². The standard InChI is InChI=1S/C9H19NO3S/c1-2-8(7-11)10-9-3-5-14(12,13)6-4-9/h8-11H,2-7H2,1H3. The number of nitrogens with one attached hydrogen (secondary N) is 1. The van der Waals surface area contributed by atoms with Crippen LogP contribution in [-0.4, -0.2) is 43.7 Å². The average Bonchev–Trinajstić information content (AvgIpc) is 2.16. The van der Waals surface area contributed by atoms with E-state index >= 15 is 0 Å². The Balaban J connectivity index is 2.35. The molecule has 1 aliphatic rings. The first-order valence-electron chi connectivity index (χ1n) is 5.14. The van der Waals surface area contributed by atoms with E-state index in [2.05, 4.69) is 5.32 Å². The largest absolute Gasteiger partial charge is 0.395 e. The fourth-order valence-corrected chi connectivity index (χ4v) is 3.18. The Kier molecular flexibility index (Phi) is 4.34. The van der Waals surface area contributed by atoms with Gasteiger partial charge in [-0.1, -0.05) is 6.92 Å². The fourth-order valence-electron chi connectivity index (χ4n) is 1.69. The molecule has 0 saturated carbocycles. The third kappa shape index (κ3) is 3.55. The summed E-state index contributed by atoms with van der Waals surface area (Å²) in [7, 11) is -2.77. The smallest absolute Gasteiger partial charge is 0.150 e. The first-order valence-corrected chi connectivity index (χ1v) is 6.97. The Morgan fingerprint density at radius 1 is 1.43 bits per heavy atom. The molecule has 0 aliphatic carbocycles. The average molecular weight is 221 g/mol. The number of hydrogen-bond acceptors (Lipinski definition) is 4. The van der Waals surface area contributed by atoms with Gasteiger partial charge in [0.25, 0.3) is 0 Å². The van der Waals surface area contributed by atoms with E-state index in [1.54, 1.807) is 0 Å². The molecule has 2 N–H and O–H groups in total. The Morgan fingerprint density at radius 3 is 2.43 bits per heavy atom.